The van der Waals surface area contributed by atoms with Crippen LogP contribution in [0.15, 0.2) is 30.5 Å². The van der Waals surface area contributed by atoms with Gasteiger partial charge in [-0.1, -0.05) is 31.4 Å². The fourth-order valence-corrected chi connectivity index (χ4v) is 6.13. The Labute approximate surface area is 265 Å². The van der Waals surface area contributed by atoms with Crippen LogP contribution in [0.2, 0.25) is 0 Å². The topological polar surface area (TPSA) is 139 Å². The largest absolute Gasteiger partial charge is 0.480 e. The molecule has 4 amide bonds. The first-order valence-corrected chi connectivity index (χ1v) is 15.4. The molecule has 1 saturated heterocycles. The lowest BCUT2D eigenvalue weighted by atomic mass is 9.80. The van der Waals surface area contributed by atoms with Gasteiger partial charge < -0.3 is 20.2 Å². The zero-order valence-corrected chi connectivity index (χ0v) is 26.6. The van der Waals surface area contributed by atoms with Crippen LogP contribution in [0.4, 0.5) is 41.1 Å². The number of carbonyl (C=O) groups excluding carboxylic acids is 3. The number of likely N-dealkylation sites (N-methyl/N-ethyl adjacent to an activating group) is 1. The lowest BCUT2D eigenvalue weighted by Gasteiger charge is -2.35. The van der Waals surface area contributed by atoms with Crippen LogP contribution >= 0.6 is 0 Å². The molecule has 1 aliphatic heterocycles. The summed E-state index contributed by atoms with van der Waals surface area (Å²) < 4.78 is 40.8. The van der Waals surface area contributed by atoms with E-state index >= 15 is 0 Å². The number of hydrogen-bond donors (Lipinski definition) is 2. The molecule has 15 heteroatoms. The maximum Gasteiger partial charge on any atom is 0.471 e. The Hall–Kier alpha value is -4.43. The van der Waals surface area contributed by atoms with E-state index in [4.69, 9.17) is 0 Å². The van der Waals surface area contributed by atoms with Crippen LogP contribution in [-0.4, -0.2) is 87.7 Å². The first-order valence-electron chi connectivity index (χ1n) is 15.4. The number of amides is 4. The molecule has 1 aromatic carbocycles. The number of alkyl halides is 3. The van der Waals surface area contributed by atoms with Crippen molar-refractivity contribution in [2.75, 3.05) is 40.2 Å². The van der Waals surface area contributed by atoms with Crippen molar-refractivity contribution in [2.24, 2.45) is 0 Å². The van der Waals surface area contributed by atoms with Crippen LogP contribution in [0.1, 0.15) is 65.4 Å². The summed E-state index contributed by atoms with van der Waals surface area (Å²) in [4.78, 5) is 64.9. The zero-order valence-electron chi connectivity index (χ0n) is 26.6. The lowest BCUT2D eigenvalue weighted by Crippen LogP contribution is -2.49. The summed E-state index contributed by atoms with van der Waals surface area (Å²) in [7, 11) is 1.64. The molecule has 12 nitrogen and oxygen atoms in total. The molecule has 0 radical (unpaired) electrons. The molecule has 250 valence electrons. The maximum atomic E-state index is 13.6. The van der Waals surface area contributed by atoms with Gasteiger partial charge in [0.1, 0.15) is 17.3 Å². The van der Waals surface area contributed by atoms with Gasteiger partial charge in [0.05, 0.1) is 11.9 Å². The summed E-state index contributed by atoms with van der Waals surface area (Å²) in [5.41, 5.74) is -0.312. The number of hydrogen-bond acceptors (Lipinski definition) is 8. The number of carboxylic acid groups (broad SMARTS) is 1. The van der Waals surface area contributed by atoms with Crippen LogP contribution in [0.5, 0.6) is 0 Å². The molecule has 1 aromatic heterocycles. The predicted octanol–water partition coefficient (Wildman–Crippen LogP) is 4.84. The molecule has 1 saturated carbocycles. The van der Waals surface area contributed by atoms with E-state index in [0.29, 0.717) is 42.1 Å². The van der Waals surface area contributed by atoms with Crippen molar-refractivity contribution in [3.05, 3.63) is 36.0 Å². The summed E-state index contributed by atoms with van der Waals surface area (Å²) in [6, 6.07) is 3.55. The van der Waals surface area contributed by atoms with Gasteiger partial charge in [-0.05, 0) is 58.2 Å². The number of imide groups is 1. The van der Waals surface area contributed by atoms with Crippen LogP contribution in [0.25, 0.3) is 0 Å². The SMILES string of the molecule is CCN(CC)c1ncc(N(C(=O)C(F)(F)F)C(C)C)c(N[C@@H](Cc2ccc(N3C(=O)N(C)C4(CCCCC4)C3=O)cc2)C(=O)O)n1. The van der Waals surface area contributed by atoms with E-state index in [2.05, 4.69) is 15.3 Å². The second-order valence-corrected chi connectivity index (χ2v) is 11.8. The second-order valence-electron chi connectivity index (χ2n) is 11.8. The second kappa shape index (κ2) is 13.5. The Morgan fingerprint density at radius 2 is 1.67 bits per heavy atom. The number of urea groups is 1. The highest BCUT2D eigenvalue weighted by molar-refractivity contribution is 6.23. The minimum absolute atomic E-state index is 0.139. The van der Waals surface area contributed by atoms with Gasteiger partial charge in [0, 0.05) is 32.6 Å². The highest BCUT2D eigenvalue weighted by atomic mass is 19.4. The number of aromatic nitrogens is 2. The van der Waals surface area contributed by atoms with E-state index in [1.54, 1.807) is 36.2 Å². The number of nitrogens with one attached hydrogen (secondary N) is 1. The van der Waals surface area contributed by atoms with Crippen molar-refractivity contribution in [1.29, 1.82) is 0 Å². The highest BCUT2D eigenvalue weighted by Crippen LogP contribution is 2.41. The molecule has 0 unspecified atom stereocenters. The molecule has 4 rings (SSSR count). The Morgan fingerprint density at radius 1 is 1.07 bits per heavy atom. The Bertz CT molecular complexity index is 1460. The van der Waals surface area contributed by atoms with E-state index < -0.39 is 41.7 Å². The minimum Gasteiger partial charge on any atom is -0.480 e. The van der Waals surface area contributed by atoms with Crippen molar-refractivity contribution in [3.63, 3.8) is 0 Å². The van der Waals surface area contributed by atoms with Crippen LogP contribution in [0, 0.1) is 0 Å². The van der Waals surface area contributed by atoms with E-state index in [1.807, 2.05) is 13.8 Å². The molecule has 2 heterocycles. The number of nitrogens with zero attached hydrogens (tertiary/aromatic N) is 6. The van der Waals surface area contributed by atoms with Crippen molar-refractivity contribution in [3.8, 4) is 0 Å². The Balaban J connectivity index is 1.64. The number of rotatable bonds is 11. The van der Waals surface area contributed by atoms with Gasteiger partial charge in [-0.25, -0.2) is 19.5 Å². The Morgan fingerprint density at radius 3 is 2.20 bits per heavy atom. The van der Waals surface area contributed by atoms with Gasteiger partial charge >= 0.3 is 24.1 Å². The van der Waals surface area contributed by atoms with Gasteiger partial charge in [0.15, 0.2) is 5.82 Å². The summed E-state index contributed by atoms with van der Waals surface area (Å²) >= 11 is 0. The molecule has 1 spiro atoms. The van der Waals surface area contributed by atoms with E-state index in [0.717, 1.165) is 30.4 Å². The average molecular weight is 648 g/mol. The van der Waals surface area contributed by atoms with Crippen LogP contribution in [0.3, 0.4) is 0 Å². The third-order valence-electron chi connectivity index (χ3n) is 8.69. The lowest BCUT2D eigenvalue weighted by molar-refractivity contribution is -0.170. The van der Waals surface area contributed by atoms with Crippen molar-refractivity contribution in [1.82, 2.24) is 14.9 Å². The Kier molecular flexibility index (Phi) is 10.1. The van der Waals surface area contributed by atoms with E-state index in [-0.39, 0.29) is 29.8 Å². The van der Waals surface area contributed by atoms with Crippen LogP contribution < -0.4 is 20.0 Å². The molecule has 1 atom stereocenters. The van der Waals surface area contributed by atoms with Gasteiger partial charge in [0.2, 0.25) is 5.95 Å². The number of carboxylic acids is 1. The van der Waals surface area contributed by atoms with E-state index in [1.165, 1.54) is 18.7 Å². The van der Waals surface area contributed by atoms with Crippen molar-refractivity contribution >= 4 is 47.0 Å². The third kappa shape index (κ3) is 6.58. The molecule has 2 fully saturated rings. The molecule has 46 heavy (non-hydrogen) atoms. The highest BCUT2D eigenvalue weighted by Gasteiger charge is 2.56. The average Bonchev–Trinajstić information content (AvgIpc) is 3.18. The fraction of sp³-hybridized carbons (Fsp3) is 0.548. The molecule has 1 aliphatic carbocycles. The number of benzene rings is 1. The summed E-state index contributed by atoms with van der Waals surface area (Å²) in [6.45, 7) is 7.40. The number of carbonyl (C=O) groups is 4. The molecule has 0 bridgehead atoms. The van der Waals surface area contributed by atoms with Gasteiger partial charge in [0.25, 0.3) is 5.91 Å². The number of anilines is 4. The fourth-order valence-electron chi connectivity index (χ4n) is 6.13. The zero-order chi connectivity index (χ0) is 34.0. The van der Waals surface area contributed by atoms with Gasteiger partial charge in [-0.15, -0.1) is 0 Å². The standard InChI is InChI=1S/C31H40F3N7O5/c1-6-39(7-2)28-35-18-23(40(19(3)4)27(45)31(32,33)34)24(37-28)36-22(25(42)43)17-20-11-13-21(14-12-20)41-26(44)30(38(5)29(41)46)15-9-8-10-16-30/h11-14,18-19,22H,6-10,15-17H2,1-5H3,(H,42,43)(H,35,36,37)/t22-/m0/s1. The quantitative estimate of drug-likeness (QED) is 0.328. The first-order chi connectivity index (χ1) is 21.7. The molecule has 2 N–H and O–H groups in total. The monoisotopic (exact) mass is 647 g/mol. The first kappa shape index (κ1) is 34.4. The number of aliphatic carboxylic acids is 1. The number of halogens is 3. The maximum absolute atomic E-state index is 13.6. The molecule has 2 aliphatic rings. The van der Waals surface area contributed by atoms with Crippen molar-refractivity contribution < 1.29 is 37.5 Å². The molecule has 2 aromatic rings. The smallest absolute Gasteiger partial charge is 0.471 e. The van der Waals surface area contributed by atoms with Gasteiger partial charge in [-0.3, -0.25) is 14.5 Å². The minimum atomic E-state index is -5.20. The third-order valence-corrected chi connectivity index (χ3v) is 8.69. The summed E-state index contributed by atoms with van der Waals surface area (Å²) in [5, 5.41) is 12.9. The summed E-state index contributed by atoms with van der Waals surface area (Å²) in [5.74, 6) is -3.84. The van der Waals surface area contributed by atoms with Crippen LogP contribution in [-0.2, 0) is 20.8 Å². The normalized spacial score (nSPS) is 17.1. The predicted molar refractivity (Wildman–Crippen MR) is 166 cm³/mol. The molecular weight excluding hydrogens is 607 g/mol. The van der Waals surface area contributed by atoms with Crippen molar-refractivity contribution in [2.45, 2.75) is 90.0 Å². The summed E-state index contributed by atoms with van der Waals surface area (Å²) in [6.07, 6.45) is -0.354. The van der Waals surface area contributed by atoms with E-state index in [9.17, 15) is 37.5 Å². The van der Waals surface area contributed by atoms with Gasteiger partial charge in [-0.2, -0.15) is 18.2 Å². The molecular formula is C31H40F3N7O5.